The van der Waals surface area contributed by atoms with Crippen molar-refractivity contribution in [1.29, 1.82) is 0 Å². The molecule has 88 valence electrons. The molecule has 0 saturated carbocycles. The van der Waals surface area contributed by atoms with Crippen molar-refractivity contribution in [3.63, 3.8) is 0 Å². The van der Waals surface area contributed by atoms with Gasteiger partial charge >= 0.3 is 0 Å². The Kier molecular flexibility index (Phi) is 2.43. The summed E-state index contributed by atoms with van der Waals surface area (Å²) in [5.41, 5.74) is 6.28. The Labute approximate surface area is 99.3 Å². The summed E-state index contributed by atoms with van der Waals surface area (Å²) in [4.78, 5) is 0. The standard InChI is InChI=1S/C15H23N/c1-10-7-12(14(3,4)5)8-11(2)13(10)15(6)9-16-15/h7-8,16H,9H2,1-6H3. The molecule has 1 atom stereocenters. The van der Waals surface area contributed by atoms with Crippen molar-refractivity contribution in [2.75, 3.05) is 6.54 Å². The zero-order valence-corrected chi connectivity index (χ0v) is 11.4. The first-order valence-electron chi connectivity index (χ1n) is 6.11. The van der Waals surface area contributed by atoms with Crippen LogP contribution < -0.4 is 5.32 Å². The van der Waals surface area contributed by atoms with Crippen LogP contribution in [0.2, 0.25) is 0 Å². The molecule has 1 fully saturated rings. The van der Waals surface area contributed by atoms with Gasteiger partial charge in [-0.3, -0.25) is 0 Å². The van der Waals surface area contributed by atoms with Gasteiger partial charge in [0.25, 0.3) is 0 Å². The Morgan fingerprint density at radius 3 is 1.88 bits per heavy atom. The van der Waals surface area contributed by atoms with E-state index in [1.165, 1.54) is 22.3 Å². The number of hydrogen-bond donors (Lipinski definition) is 1. The average molecular weight is 217 g/mol. The Morgan fingerprint density at radius 2 is 1.56 bits per heavy atom. The number of hydrogen-bond acceptors (Lipinski definition) is 1. The lowest BCUT2D eigenvalue weighted by molar-refractivity contribution is 0.587. The second-order valence-corrected chi connectivity index (χ2v) is 6.42. The summed E-state index contributed by atoms with van der Waals surface area (Å²) in [5.74, 6) is 0. The van der Waals surface area contributed by atoms with Crippen molar-refractivity contribution in [3.8, 4) is 0 Å². The smallest absolute Gasteiger partial charge is 0.0538 e. The maximum absolute atomic E-state index is 3.47. The Morgan fingerprint density at radius 1 is 1.12 bits per heavy atom. The van der Waals surface area contributed by atoms with E-state index in [0.717, 1.165) is 6.54 Å². The van der Waals surface area contributed by atoms with Gasteiger partial charge in [0.05, 0.1) is 5.54 Å². The summed E-state index contributed by atoms with van der Waals surface area (Å²) in [6, 6.07) is 4.71. The third kappa shape index (κ3) is 1.89. The van der Waals surface area contributed by atoms with E-state index in [1.54, 1.807) is 0 Å². The first kappa shape index (κ1) is 11.7. The molecule has 0 radical (unpaired) electrons. The molecule has 0 aromatic heterocycles. The van der Waals surface area contributed by atoms with Gasteiger partial charge < -0.3 is 5.32 Å². The van der Waals surface area contributed by atoms with Gasteiger partial charge in [-0.05, 0) is 48.4 Å². The average Bonchev–Trinajstić information content (AvgIpc) is 2.81. The van der Waals surface area contributed by atoms with Gasteiger partial charge in [-0.1, -0.05) is 32.9 Å². The molecule has 2 rings (SSSR count). The van der Waals surface area contributed by atoms with Gasteiger partial charge in [0, 0.05) is 6.54 Å². The van der Waals surface area contributed by atoms with Crippen LogP contribution in [-0.4, -0.2) is 6.54 Å². The molecule has 1 aliphatic heterocycles. The zero-order valence-electron chi connectivity index (χ0n) is 11.4. The lowest BCUT2D eigenvalue weighted by Gasteiger charge is -2.24. The highest BCUT2D eigenvalue weighted by atomic mass is 15.1. The van der Waals surface area contributed by atoms with Gasteiger partial charge in [0.1, 0.15) is 0 Å². The molecule has 1 saturated heterocycles. The third-order valence-electron chi connectivity index (χ3n) is 3.66. The highest BCUT2D eigenvalue weighted by molar-refractivity contribution is 5.46. The van der Waals surface area contributed by atoms with Crippen molar-refractivity contribution in [1.82, 2.24) is 5.32 Å². The molecular weight excluding hydrogens is 194 g/mol. The van der Waals surface area contributed by atoms with Gasteiger partial charge in [-0.15, -0.1) is 0 Å². The molecular formula is C15H23N. The summed E-state index contributed by atoms with van der Waals surface area (Å²) in [6.07, 6.45) is 0. The summed E-state index contributed by atoms with van der Waals surface area (Å²) in [5, 5.41) is 3.47. The van der Waals surface area contributed by atoms with Crippen LogP contribution in [0.25, 0.3) is 0 Å². The molecule has 1 heteroatoms. The monoisotopic (exact) mass is 217 g/mol. The second-order valence-electron chi connectivity index (χ2n) is 6.42. The molecule has 1 aromatic carbocycles. The van der Waals surface area contributed by atoms with Crippen molar-refractivity contribution in [3.05, 3.63) is 34.4 Å². The molecule has 1 aliphatic rings. The highest BCUT2D eigenvalue weighted by Gasteiger charge is 2.40. The summed E-state index contributed by atoms with van der Waals surface area (Å²) < 4.78 is 0. The van der Waals surface area contributed by atoms with Gasteiger partial charge in [-0.25, -0.2) is 0 Å². The van der Waals surface area contributed by atoms with Crippen LogP contribution in [0.15, 0.2) is 12.1 Å². The van der Waals surface area contributed by atoms with Crippen molar-refractivity contribution in [2.45, 2.75) is 52.5 Å². The molecule has 0 amide bonds. The van der Waals surface area contributed by atoms with E-state index in [1.807, 2.05) is 0 Å². The van der Waals surface area contributed by atoms with E-state index >= 15 is 0 Å². The molecule has 1 N–H and O–H groups in total. The summed E-state index contributed by atoms with van der Waals surface area (Å²) >= 11 is 0. The lowest BCUT2D eigenvalue weighted by atomic mass is 9.81. The number of rotatable bonds is 1. The van der Waals surface area contributed by atoms with E-state index in [-0.39, 0.29) is 11.0 Å². The van der Waals surface area contributed by atoms with Crippen LogP contribution in [0.4, 0.5) is 0 Å². The van der Waals surface area contributed by atoms with Crippen molar-refractivity contribution >= 4 is 0 Å². The van der Waals surface area contributed by atoms with E-state index in [4.69, 9.17) is 0 Å². The van der Waals surface area contributed by atoms with Crippen LogP contribution in [0.3, 0.4) is 0 Å². The quantitative estimate of drug-likeness (QED) is 0.715. The summed E-state index contributed by atoms with van der Waals surface area (Å²) in [6.45, 7) is 14.7. The number of aryl methyl sites for hydroxylation is 2. The van der Waals surface area contributed by atoms with Crippen LogP contribution >= 0.6 is 0 Å². The van der Waals surface area contributed by atoms with Crippen molar-refractivity contribution in [2.24, 2.45) is 0 Å². The molecule has 1 heterocycles. The summed E-state index contributed by atoms with van der Waals surface area (Å²) in [7, 11) is 0. The van der Waals surface area contributed by atoms with Crippen LogP contribution in [0, 0.1) is 13.8 Å². The maximum Gasteiger partial charge on any atom is 0.0538 e. The Hall–Kier alpha value is -0.820. The predicted octanol–water partition coefficient (Wildman–Crippen LogP) is 3.42. The van der Waals surface area contributed by atoms with E-state index < -0.39 is 0 Å². The minimum Gasteiger partial charge on any atom is -0.304 e. The molecule has 0 aliphatic carbocycles. The fraction of sp³-hybridized carbons (Fsp3) is 0.600. The van der Waals surface area contributed by atoms with Crippen molar-refractivity contribution < 1.29 is 0 Å². The van der Waals surface area contributed by atoms with E-state index in [0.29, 0.717) is 0 Å². The molecule has 1 aromatic rings. The second kappa shape index (κ2) is 3.33. The van der Waals surface area contributed by atoms with E-state index in [9.17, 15) is 0 Å². The molecule has 1 nitrogen and oxygen atoms in total. The number of nitrogens with one attached hydrogen (secondary N) is 1. The highest BCUT2D eigenvalue weighted by Crippen LogP contribution is 2.37. The SMILES string of the molecule is Cc1cc(C(C)(C)C)cc(C)c1C1(C)CN1. The maximum atomic E-state index is 3.47. The largest absolute Gasteiger partial charge is 0.304 e. The molecule has 0 spiro atoms. The first-order chi connectivity index (χ1) is 7.24. The van der Waals surface area contributed by atoms with Crippen LogP contribution in [0.5, 0.6) is 0 Å². The van der Waals surface area contributed by atoms with E-state index in [2.05, 4.69) is 59.0 Å². The lowest BCUT2D eigenvalue weighted by Crippen LogP contribution is -2.16. The minimum absolute atomic E-state index is 0.241. The van der Waals surface area contributed by atoms with Gasteiger partial charge in [-0.2, -0.15) is 0 Å². The fourth-order valence-electron chi connectivity index (χ4n) is 2.58. The zero-order chi connectivity index (χ0) is 12.1. The predicted molar refractivity (Wildman–Crippen MR) is 70.0 cm³/mol. The topological polar surface area (TPSA) is 21.9 Å². The minimum atomic E-state index is 0.241. The Bertz CT molecular complexity index is 397. The van der Waals surface area contributed by atoms with Gasteiger partial charge in [0.2, 0.25) is 0 Å². The first-order valence-corrected chi connectivity index (χ1v) is 6.11. The number of benzene rings is 1. The normalized spacial score (nSPS) is 24.6. The van der Waals surface area contributed by atoms with Crippen LogP contribution in [-0.2, 0) is 11.0 Å². The fourth-order valence-corrected chi connectivity index (χ4v) is 2.58. The third-order valence-corrected chi connectivity index (χ3v) is 3.66. The molecule has 16 heavy (non-hydrogen) atoms. The van der Waals surface area contributed by atoms with Crippen LogP contribution in [0.1, 0.15) is 49.9 Å². The molecule has 0 bridgehead atoms. The van der Waals surface area contributed by atoms with Gasteiger partial charge in [0.15, 0.2) is 0 Å². The molecule has 1 unspecified atom stereocenters. The Balaban J connectivity index is 2.52.